The molecule has 1 aromatic heterocycles. The van der Waals surface area contributed by atoms with Crippen LogP contribution in [0.5, 0.6) is 0 Å². The van der Waals surface area contributed by atoms with Crippen LogP contribution in [0.1, 0.15) is 40.3 Å². The molecular weight excluding hydrogens is 366 g/mol. The minimum atomic E-state index is -0.251. The fourth-order valence-corrected chi connectivity index (χ4v) is 2.89. The number of hydrogen-bond donors (Lipinski definition) is 1. The van der Waals surface area contributed by atoms with Gasteiger partial charge in [-0.05, 0) is 18.1 Å². The normalized spacial score (nSPS) is 11.4. The van der Waals surface area contributed by atoms with E-state index in [1.165, 1.54) is 4.90 Å². The molecule has 1 heterocycles. The highest BCUT2D eigenvalue weighted by atomic mass is 16.2. The zero-order chi connectivity index (χ0) is 21.8. The monoisotopic (exact) mass is 399 g/mol. The van der Waals surface area contributed by atoms with Gasteiger partial charge in [0.15, 0.2) is 0 Å². The van der Waals surface area contributed by atoms with Crippen molar-refractivity contribution in [3.63, 3.8) is 0 Å². The minimum absolute atomic E-state index is 0.0139. The number of para-hydroxylation sites is 1. The lowest BCUT2D eigenvalue weighted by atomic mass is 9.92. The van der Waals surface area contributed by atoms with E-state index in [1.807, 2.05) is 50.2 Å². The van der Waals surface area contributed by atoms with Crippen molar-refractivity contribution < 1.29 is 9.59 Å². The van der Waals surface area contributed by atoms with Gasteiger partial charge in [0.2, 0.25) is 5.91 Å². The predicted molar refractivity (Wildman–Crippen MR) is 116 cm³/mol. The molecule has 29 heavy (non-hydrogen) atoms. The highest BCUT2D eigenvalue weighted by Gasteiger charge is 2.23. The molecule has 0 aliphatic carbocycles. The number of hydrogen-bond acceptors (Lipinski definition) is 3. The van der Waals surface area contributed by atoms with Gasteiger partial charge < -0.3 is 15.1 Å². The first-order valence-electron chi connectivity index (χ1n) is 9.91. The highest BCUT2D eigenvalue weighted by molar-refractivity contribution is 5.94. The van der Waals surface area contributed by atoms with Crippen molar-refractivity contribution in [3.05, 3.63) is 42.1 Å². The van der Waals surface area contributed by atoms with E-state index in [9.17, 15) is 9.59 Å². The standard InChI is InChI=1S/C22H33N5O2/c1-16(2)14-26(21(29)25(6)7)15-20(28)23-19-13-18(22(3,4)5)24-27(19)17-11-9-8-10-12-17/h8-13,16H,14-15H2,1-7H3,(H,23,28). The highest BCUT2D eigenvalue weighted by Crippen LogP contribution is 2.26. The first kappa shape index (κ1) is 22.5. The molecule has 1 N–H and O–H groups in total. The maximum absolute atomic E-state index is 12.8. The van der Waals surface area contributed by atoms with E-state index in [0.29, 0.717) is 12.4 Å². The van der Waals surface area contributed by atoms with Crippen molar-refractivity contribution in [2.45, 2.75) is 40.0 Å². The van der Waals surface area contributed by atoms with Gasteiger partial charge in [0.25, 0.3) is 0 Å². The Hall–Kier alpha value is -2.83. The average molecular weight is 400 g/mol. The number of carbonyl (C=O) groups is 2. The van der Waals surface area contributed by atoms with Crippen LogP contribution >= 0.6 is 0 Å². The molecule has 158 valence electrons. The number of anilines is 1. The maximum Gasteiger partial charge on any atom is 0.319 e. The lowest BCUT2D eigenvalue weighted by molar-refractivity contribution is -0.117. The molecule has 0 saturated heterocycles. The molecule has 0 aliphatic heterocycles. The fraction of sp³-hybridized carbons (Fsp3) is 0.500. The van der Waals surface area contributed by atoms with Gasteiger partial charge in [0.05, 0.1) is 11.4 Å². The van der Waals surface area contributed by atoms with Crippen LogP contribution in [-0.4, -0.2) is 58.7 Å². The van der Waals surface area contributed by atoms with Crippen molar-refractivity contribution in [2.24, 2.45) is 5.92 Å². The van der Waals surface area contributed by atoms with Crippen molar-refractivity contribution in [1.29, 1.82) is 0 Å². The van der Waals surface area contributed by atoms with Gasteiger partial charge in [-0.2, -0.15) is 5.10 Å². The number of rotatable bonds is 6. The van der Waals surface area contributed by atoms with Crippen LogP contribution in [0.2, 0.25) is 0 Å². The minimum Gasteiger partial charge on any atom is -0.331 e. The topological polar surface area (TPSA) is 70.5 Å². The molecule has 0 saturated carbocycles. The van der Waals surface area contributed by atoms with E-state index in [2.05, 4.69) is 26.1 Å². The molecule has 3 amide bonds. The lowest BCUT2D eigenvalue weighted by Gasteiger charge is -2.27. The molecule has 7 nitrogen and oxygen atoms in total. The smallest absolute Gasteiger partial charge is 0.319 e. The molecule has 0 atom stereocenters. The van der Waals surface area contributed by atoms with Crippen LogP contribution in [0.15, 0.2) is 36.4 Å². The van der Waals surface area contributed by atoms with E-state index in [4.69, 9.17) is 5.10 Å². The van der Waals surface area contributed by atoms with Crippen LogP contribution in [0.3, 0.4) is 0 Å². The summed E-state index contributed by atoms with van der Waals surface area (Å²) in [5, 5.41) is 7.66. The number of nitrogens with one attached hydrogen (secondary N) is 1. The molecule has 0 fully saturated rings. The third kappa shape index (κ3) is 6.07. The summed E-state index contributed by atoms with van der Waals surface area (Å²) < 4.78 is 1.74. The van der Waals surface area contributed by atoms with Crippen LogP contribution in [0, 0.1) is 5.92 Å². The van der Waals surface area contributed by atoms with Crippen LogP contribution < -0.4 is 5.32 Å². The van der Waals surface area contributed by atoms with Crippen LogP contribution in [0.4, 0.5) is 10.6 Å². The van der Waals surface area contributed by atoms with Gasteiger partial charge in [0, 0.05) is 32.1 Å². The number of urea groups is 1. The van der Waals surface area contributed by atoms with Crippen molar-refractivity contribution >= 4 is 17.8 Å². The largest absolute Gasteiger partial charge is 0.331 e. The summed E-state index contributed by atoms with van der Waals surface area (Å²) in [5.41, 5.74) is 1.58. The molecular formula is C22H33N5O2. The predicted octanol–water partition coefficient (Wildman–Crippen LogP) is 3.75. The summed E-state index contributed by atoms with van der Waals surface area (Å²) in [6.45, 7) is 10.8. The Morgan fingerprint density at radius 1 is 1.14 bits per heavy atom. The summed E-state index contributed by atoms with van der Waals surface area (Å²) in [5.74, 6) is 0.598. The molecule has 0 unspecified atom stereocenters. The first-order valence-corrected chi connectivity index (χ1v) is 9.91. The molecule has 2 rings (SSSR count). The Balaban J connectivity index is 2.28. The second kappa shape index (κ2) is 9.11. The molecule has 2 aromatic rings. The number of carbonyl (C=O) groups excluding carboxylic acids is 2. The Bertz CT molecular complexity index is 835. The van der Waals surface area contributed by atoms with Crippen molar-refractivity contribution in [3.8, 4) is 5.69 Å². The summed E-state index contributed by atoms with van der Waals surface area (Å²) in [6.07, 6.45) is 0. The van der Waals surface area contributed by atoms with Gasteiger partial charge in [-0.25, -0.2) is 9.48 Å². The Kier molecular flexibility index (Phi) is 7.06. The fourth-order valence-electron chi connectivity index (χ4n) is 2.89. The van der Waals surface area contributed by atoms with Gasteiger partial charge in [-0.3, -0.25) is 4.79 Å². The Morgan fingerprint density at radius 2 is 1.76 bits per heavy atom. The summed E-state index contributed by atoms with van der Waals surface area (Å²) in [4.78, 5) is 28.3. The van der Waals surface area contributed by atoms with E-state index in [-0.39, 0.29) is 29.8 Å². The third-order valence-electron chi connectivity index (χ3n) is 4.32. The Labute approximate surface area is 173 Å². The molecule has 0 aliphatic rings. The van der Waals surface area contributed by atoms with Gasteiger partial charge in [-0.1, -0.05) is 52.8 Å². The second-order valence-electron chi connectivity index (χ2n) is 8.91. The number of benzene rings is 1. The van der Waals surface area contributed by atoms with Crippen LogP contribution in [-0.2, 0) is 10.2 Å². The zero-order valence-electron chi connectivity index (χ0n) is 18.6. The number of aromatic nitrogens is 2. The number of nitrogens with zero attached hydrogens (tertiary/aromatic N) is 4. The van der Waals surface area contributed by atoms with Gasteiger partial charge in [-0.15, -0.1) is 0 Å². The second-order valence-corrected chi connectivity index (χ2v) is 8.91. The zero-order valence-corrected chi connectivity index (χ0v) is 18.6. The van der Waals surface area contributed by atoms with Gasteiger partial charge in [0.1, 0.15) is 12.4 Å². The summed E-state index contributed by atoms with van der Waals surface area (Å²) in [6, 6.07) is 11.4. The van der Waals surface area contributed by atoms with Gasteiger partial charge >= 0.3 is 6.03 Å². The van der Waals surface area contributed by atoms with E-state index in [0.717, 1.165) is 11.4 Å². The molecule has 0 bridgehead atoms. The third-order valence-corrected chi connectivity index (χ3v) is 4.32. The average Bonchev–Trinajstić information content (AvgIpc) is 3.04. The molecule has 1 aromatic carbocycles. The number of amides is 3. The molecule has 0 radical (unpaired) electrons. The lowest BCUT2D eigenvalue weighted by Crippen LogP contribution is -2.45. The quantitative estimate of drug-likeness (QED) is 0.804. The molecule has 7 heteroatoms. The van der Waals surface area contributed by atoms with Crippen molar-refractivity contribution in [2.75, 3.05) is 32.5 Å². The van der Waals surface area contributed by atoms with Crippen molar-refractivity contribution in [1.82, 2.24) is 19.6 Å². The van der Waals surface area contributed by atoms with E-state index < -0.39 is 0 Å². The SMILES string of the molecule is CC(C)CN(CC(=O)Nc1cc(C(C)(C)C)nn1-c1ccccc1)C(=O)N(C)C. The maximum atomic E-state index is 12.8. The summed E-state index contributed by atoms with van der Waals surface area (Å²) >= 11 is 0. The summed E-state index contributed by atoms with van der Waals surface area (Å²) in [7, 11) is 3.38. The van der Waals surface area contributed by atoms with E-state index >= 15 is 0 Å². The van der Waals surface area contributed by atoms with Crippen LogP contribution in [0.25, 0.3) is 5.69 Å². The van der Waals surface area contributed by atoms with E-state index in [1.54, 1.807) is 23.7 Å². The molecule has 0 spiro atoms. The Morgan fingerprint density at radius 3 is 2.28 bits per heavy atom. The first-order chi connectivity index (χ1) is 13.5.